The van der Waals surface area contributed by atoms with E-state index in [9.17, 15) is 27.2 Å². The average molecular weight is 538 g/mol. The fraction of sp³-hybridized carbons (Fsp3) is 0.241. The van der Waals surface area contributed by atoms with Crippen molar-refractivity contribution < 1.29 is 32.3 Å². The summed E-state index contributed by atoms with van der Waals surface area (Å²) >= 11 is 0. The number of benzene rings is 3. The summed E-state index contributed by atoms with van der Waals surface area (Å²) in [4.78, 5) is 33.1. The fourth-order valence-corrected chi connectivity index (χ4v) is 4.81. The molecule has 39 heavy (non-hydrogen) atoms. The molecule has 1 atom stereocenters. The second kappa shape index (κ2) is 10.4. The van der Waals surface area contributed by atoms with E-state index in [2.05, 4.69) is 15.3 Å². The van der Waals surface area contributed by atoms with Gasteiger partial charge in [-0.25, -0.2) is 23.5 Å². The normalized spacial score (nSPS) is 14.8. The summed E-state index contributed by atoms with van der Waals surface area (Å²) in [5, 5.41) is 11.7. The third kappa shape index (κ3) is 5.59. The van der Waals surface area contributed by atoms with Crippen molar-refractivity contribution in [3.63, 3.8) is 0 Å². The standard InChI is InChI=1S/C29H23F4N3O3/c30-19-7-3-16(4-8-19)26-24(2-1-13-29(32,33)28(38)39)34-25-15-18(6-12-23(25)35-26)27(37)36-22-11-5-17-14-20(31)9-10-21(17)22/h3-4,6-10,12,14-15,22H,1-2,5,11,13H2,(H,36,37)(H,38,39)/t22-/m1/s1. The van der Waals surface area contributed by atoms with E-state index >= 15 is 0 Å². The van der Waals surface area contributed by atoms with Crippen LogP contribution in [0.15, 0.2) is 60.7 Å². The van der Waals surface area contributed by atoms with Crippen LogP contribution in [0.25, 0.3) is 22.3 Å². The van der Waals surface area contributed by atoms with Crippen LogP contribution in [0.2, 0.25) is 0 Å². The Labute approximate surface area is 220 Å². The second-order valence-corrected chi connectivity index (χ2v) is 9.50. The number of aliphatic carboxylic acids is 1. The molecule has 2 N–H and O–H groups in total. The van der Waals surface area contributed by atoms with Gasteiger partial charge in [-0.2, -0.15) is 8.78 Å². The number of fused-ring (bicyclic) bond motifs is 2. The van der Waals surface area contributed by atoms with Gasteiger partial charge in [0.05, 0.1) is 28.5 Å². The number of hydrogen-bond acceptors (Lipinski definition) is 4. The maximum absolute atomic E-state index is 13.7. The van der Waals surface area contributed by atoms with Crippen molar-refractivity contribution in [2.24, 2.45) is 0 Å². The Morgan fingerprint density at radius 3 is 2.44 bits per heavy atom. The predicted molar refractivity (Wildman–Crippen MR) is 135 cm³/mol. The van der Waals surface area contributed by atoms with Gasteiger partial charge in [-0.05, 0) is 91.4 Å². The van der Waals surface area contributed by atoms with E-state index < -0.39 is 24.1 Å². The van der Waals surface area contributed by atoms with Crippen LogP contribution < -0.4 is 5.32 Å². The van der Waals surface area contributed by atoms with Crippen LogP contribution in [0.4, 0.5) is 17.6 Å². The summed E-state index contributed by atoms with van der Waals surface area (Å²) in [7, 11) is 0. The molecule has 0 saturated carbocycles. The minimum atomic E-state index is -3.88. The van der Waals surface area contributed by atoms with E-state index in [1.54, 1.807) is 24.3 Å². The highest BCUT2D eigenvalue weighted by atomic mass is 19.3. The Bertz CT molecular complexity index is 1570. The van der Waals surface area contributed by atoms with Crippen LogP contribution in [0.1, 0.15) is 52.5 Å². The summed E-state index contributed by atoms with van der Waals surface area (Å²) in [5.74, 6) is -7.21. The number of carbonyl (C=O) groups is 2. The van der Waals surface area contributed by atoms with Gasteiger partial charge in [-0.15, -0.1) is 0 Å². The summed E-state index contributed by atoms with van der Waals surface area (Å²) in [6.45, 7) is 0. The fourth-order valence-electron chi connectivity index (χ4n) is 4.81. The quantitative estimate of drug-likeness (QED) is 0.268. The molecule has 0 saturated heterocycles. The molecule has 5 rings (SSSR count). The first kappa shape index (κ1) is 26.3. The summed E-state index contributed by atoms with van der Waals surface area (Å²) in [6.07, 6.45) is 0.210. The zero-order valence-corrected chi connectivity index (χ0v) is 20.6. The van der Waals surface area contributed by atoms with Crippen LogP contribution in [0.5, 0.6) is 0 Å². The minimum Gasteiger partial charge on any atom is -0.477 e. The number of aromatic nitrogens is 2. The molecule has 4 aromatic rings. The van der Waals surface area contributed by atoms with E-state index in [-0.39, 0.29) is 30.6 Å². The lowest BCUT2D eigenvalue weighted by Crippen LogP contribution is -2.28. The molecule has 0 aliphatic heterocycles. The Kier molecular flexibility index (Phi) is 7.03. The molecular weight excluding hydrogens is 514 g/mol. The van der Waals surface area contributed by atoms with Gasteiger partial charge in [0.2, 0.25) is 0 Å². The molecule has 0 unspecified atom stereocenters. The number of alkyl halides is 2. The number of halogens is 4. The van der Waals surface area contributed by atoms with Crippen LogP contribution in [0, 0.1) is 11.6 Å². The molecular formula is C29H23F4N3O3. The number of carboxylic acids is 1. The van der Waals surface area contributed by atoms with Gasteiger partial charge in [-0.1, -0.05) is 6.07 Å². The van der Waals surface area contributed by atoms with E-state index in [0.717, 1.165) is 11.1 Å². The topological polar surface area (TPSA) is 92.2 Å². The lowest BCUT2D eigenvalue weighted by Gasteiger charge is -2.15. The summed E-state index contributed by atoms with van der Waals surface area (Å²) < 4.78 is 54.3. The average Bonchev–Trinajstić information content (AvgIpc) is 3.29. The Balaban J connectivity index is 1.43. The molecule has 1 heterocycles. The van der Waals surface area contributed by atoms with E-state index in [1.165, 1.54) is 36.4 Å². The van der Waals surface area contributed by atoms with Crippen molar-refractivity contribution in [3.8, 4) is 11.3 Å². The lowest BCUT2D eigenvalue weighted by molar-refractivity contribution is -0.165. The zero-order valence-electron chi connectivity index (χ0n) is 20.6. The number of aryl methyl sites for hydroxylation is 2. The highest BCUT2D eigenvalue weighted by molar-refractivity contribution is 5.97. The molecule has 0 spiro atoms. The number of nitrogens with one attached hydrogen (secondary N) is 1. The Hall–Kier alpha value is -4.34. The molecule has 1 aromatic heterocycles. The molecule has 1 aliphatic rings. The summed E-state index contributed by atoms with van der Waals surface area (Å²) in [5.41, 5.74) is 4.02. The monoisotopic (exact) mass is 537 g/mol. The van der Waals surface area contributed by atoms with Crippen molar-refractivity contribution in [3.05, 3.63) is 94.7 Å². The van der Waals surface area contributed by atoms with Gasteiger partial charge < -0.3 is 10.4 Å². The lowest BCUT2D eigenvalue weighted by atomic mass is 10.0. The second-order valence-electron chi connectivity index (χ2n) is 9.50. The molecule has 3 aromatic carbocycles. The van der Waals surface area contributed by atoms with Gasteiger partial charge in [0, 0.05) is 17.5 Å². The molecule has 6 nitrogen and oxygen atoms in total. The van der Waals surface area contributed by atoms with Gasteiger partial charge in [0.1, 0.15) is 11.6 Å². The van der Waals surface area contributed by atoms with Crippen LogP contribution in [-0.4, -0.2) is 32.9 Å². The van der Waals surface area contributed by atoms with Crippen molar-refractivity contribution >= 4 is 22.9 Å². The minimum absolute atomic E-state index is 0.00956. The third-order valence-corrected chi connectivity index (χ3v) is 6.82. The molecule has 1 aliphatic carbocycles. The Morgan fingerprint density at radius 2 is 1.69 bits per heavy atom. The van der Waals surface area contributed by atoms with Crippen LogP contribution in [-0.2, 0) is 17.6 Å². The molecule has 200 valence electrons. The van der Waals surface area contributed by atoms with Gasteiger partial charge in [-0.3, -0.25) is 4.79 Å². The third-order valence-electron chi connectivity index (χ3n) is 6.82. The Morgan fingerprint density at radius 1 is 0.949 bits per heavy atom. The SMILES string of the molecule is O=C(N[C@@H]1CCc2cc(F)ccc21)c1ccc2nc(-c3ccc(F)cc3)c(CCCC(F)(F)C(=O)O)nc2c1. The molecule has 0 bridgehead atoms. The highest BCUT2D eigenvalue weighted by Crippen LogP contribution is 2.32. The molecule has 1 amide bonds. The van der Waals surface area contributed by atoms with Crippen molar-refractivity contribution in [2.75, 3.05) is 0 Å². The number of carboxylic acid groups (broad SMARTS) is 1. The van der Waals surface area contributed by atoms with Crippen LogP contribution >= 0.6 is 0 Å². The van der Waals surface area contributed by atoms with Crippen molar-refractivity contribution in [1.29, 1.82) is 0 Å². The van der Waals surface area contributed by atoms with Crippen molar-refractivity contribution in [1.82, 2.24) is 15.3 Å². The number of nitrogens with zero attached hydrogens (tertiary/aromatic N) is 2. The van der Waals surface area contributed by atoms with Gasteiger partial charge in [0.15, 0.2) is 0 Å². The van der Waals surface area contributed by atoms with E-state index in [4.69, 9.17) is 5.11 Å². The first-order chi connectivity index (χ1) is 18.6. The number of amides is 1. The van der Waals surface area contributed by atoms with E-state index in [0.29, 0.717) is 46.4 Å². The molecule has 10 heteroatoms. The smallest absolute Gasteiger partial charge is 0.374 e. The zero-order chi connectivity index (χ0) is 27.7. The number of carbonyl (C=O) groups excluding carboxylic acids is 1. The van der Waals surface area contributed by atoms with Crippen molar-refractivity contribution in [2.45, 2.75) is 44.1 Å². The van der Waals surface area contributed by atoms with Gasteiger partial charge in [0.25, 0.3) is 5.91 Å². The molecule has 0 fully saturated rings. The first-order valence-electron chi connectivity index (χ1n) is 12.4. The number of hydrogen-bond donors (Lipinski definition) is 2. The van der Waals surface area contributed by atoms with Gasteiger partial charge >= 0.3 is 11.9 Å². The predicted octanol–water partition coefficient (Wildman–Crippen LogP) is 6.03. The maximum Gasteiger partial charge on any atom is 0.374 e. The summed E-state index contributed by atoms with van der Waals surface area (Å²) in [6, 6.07) is 14.5. The maximum atomic E-state index is 13.7. The largest absolute Gasteiger partial charge is 0.477 e. The number of rotatable bonds is 8. The highest BCUT2D eigenvalue weighted by Gasteiger charge is 2.38. The van der Waals surface area contributed by atoms with Crippen LogP contribution in [0.3, 0.4) is 0 Å². The molecule has 0 radical (unpaired) electrons. The van der Waals surface area contributed by atoms with E-state index in [1.807, 2.05) is 0 Å². The first-order valence-corrected chi connectivity index (χ1v) is 12.4.